The van der Waals surface area contributed by atoms with Crippen molar-refractivity contribution in [3.8, 4) is 0 Å². The van der Waals surface area contributed by atoms with Crippen LogP contribution in [0.1, 0.15) is 39.5 Å². The molecule has 0 saturated carbocycles. The van der Waals surface area contributed by atoms with Crippen molar-refractivity contribution in [3.63, 3.8) is 0 Å². The van der Waals surface area contributed by atoms with Gasteiger partial charge in [-0.3, -0.25) is 14.5 Å². The first-order valence-electron chi connectivity index (χ1n) is 6.78. The summed E-state index contributed by atoms with van der Waals surface area (Å²) in [6.07, 6.45) is 3.61. The van der Waals surface area contributed by atoms with E-state index in [0.29, 0.717) is 25.4 Å². The van der Waals surface area contributed by atoms with Crippen LogP contribution in [0.15, 0.2) is 0 Å². The molecule has 0 bridgehead atoms. The van der Waals surface area contributed by atoms with Gasteiger partial charge >= 0.3 is 5.97 Å². The normalized spacial score (nSPS) is 24.8. The number of nitrogens with zero attached hydrogens (tertiary/aromatic N) is 1. The molecule has 0 aromatic heterocycles. The number of carboxylic acids is 1. The van der Waals surface area contributed by atoms with Crippen LogP contribution < -0.4 is 5.32 Å². The van der Waals surface area contributed by atoms with Gasteiger partial charge in [0.15, 0.2) is 0 Å². The molecule has 1 aliphatic heterocycles. The SMILES string of the molecule is CCCCNC(=O)CN1CCC(C)CC1C(=O)O. The second-order valence-corrected chi connectivity index (χ2v) is 5.16. The zero-order valence-corrected chi connectivity index (χ0v) is 11.3. The number of carbonyl (C=O) groups is 2. The van der Waals surface area contributed by atoms with Crippen LogP contribution in [0.4, 0.5) is 0 Å². The lowest BCUT2D eigenvalue weighted by molar-refractivity contribution is -0.146. The molecule has 1 rings (SSSR count). The Morgan fingerprint density at radius 1 is 1.44 bits per heavy atom. The number of likely N-dealkylation sites (tertiary alicyclic amines) is 1. The van der Waals surface area contributed by atoms with Crippen LogP contribution >= 0.6 is 0 Å². The number of piperidine rings is 1. The average molecular weight is 256 g/mol. The van der Waals surface area contributed by atoms with Gasteiger partial charge in [-0.15, -0.1) is 0 Å². The summed E-state index contributed by atoms with van der Waals surface area (Å²) >= 11 is 0. The Morgan fingerprint density at radius 3 is 2.78 bits per heavy atom. The predicted molar refractivity (Wildman–Crippen MR) is 69.3 cm³/mol. The van der Waals surface area contributed by atoms with Gasteiger partial charge in [0.25, 0.3) is 0 Å². The standard InChI is InChI=1S/C13H24N2O3/c1-3-4-6-14-12(16)9-15-7-5-10(2)8-11(15)13(17)18/h10-11H,3-9H2,1-2H3,(H,14,16)(H,17,18). The predicted octanol–water partition coefficient (Wildman–Crippen LogP) is 1.09. The molecule has 104 valence electrons. The number of amides is 1. The largest absolute Gasteiger partial charge is 0.480 e. The van der Waals surface area contributed by atoms with E-state index >= 15 is 0 Å². The lowest BCUT2D eigenvalue weighted by atomic mass is 9.92. The van der Waals surface area contributed by atoms with Crippen LogP contribution in [0.2, 0.25) is 0 Å². The fourth-order valence-electron chi connectivity index (χ4n) is 2.28. The van der Waals surface area contributed by atoms with Gasteiger partial charge in [0, 0.05) is 6.54 Å². The summed E-state index contributed by atoms with van der Waals surface area (Å²) in [5.74, 6) is -0.460. The molecule has 2 atom stereocenters. The van der Waals surface area contributed by atoms with E-state index in [0.717, 1.165) is 19.3 Å². The Hall–Kier alpha value is -1.10. The molecule has 1 heterocycles. The van der Waals surface area contributed by atoms with Crippen molar-refractivity contribution in [2.24, 2.45) is 5.92 Å². The van der Waals surface area contributed by atoms with Crippen molar-refractivity contribution in [2.75, 3.05) is 19.6 Å². The van der Waals surface area contributed by atoms with Gasteiger partial charge in [0.1, 0.15) is 6.04 Å². The molecule has 0 aromatic rings. The van der Waals surface area contributed by atoms with Gasteiger partial charge in [-0.25, -0.2) is 0 Å². The maximum absolute atomic E-state index is 11.7. The van der Waals surface area contributed by atoms with Gasteiger partial charge < -0.3 is 10.4 Å². The minimum Gasteiger partial charge on any atom is -0.480 e. The van der Waals surface area contributed by atoms with Crippen molar-refractivity contribution in [3.05, 3.63) is 0 Å². The van der Waals surface area contributed by atoms with Gasteiger partial charge in [0.2, 0.25) is 5.91 Å². The molecular weight excluding hydrogens is 232 g/mol. The third-order valence-corrected chi connectivity index (χ3v) is 3.46. The lowest BCUT2D eigenvalue weighted by Crippen LogP contribution is -2.50. The molecule has 1 amide bonds. The molecule has 0 aliphatic carbocycles. The van der Waals surface area contributed by atoms with Crippen LogP contribution in [0.3, 0.4) is 0 Å². The molecule has 5 heteroatoms. The number of carbonyl (C=O) groups excluding carboxylic acids is 1. The number of nitrogens with one attached hydrogen (secondary N) is 1. The monoisotopic (exact) mass is 256 g/mol. The summed E-state index contributed by atoms with van der Waals surface area (Å²) in [5.41, 5.74) is 0. The van der Waals surface area contributed by atoms with Gasteiger partial charge in [-0.1, -0.05) is 20.3 Å². The fraction of sp³-hybridized carbons (Fsp3) is 0.846. The van der Waals surface area contributed by atoms with Crippen molar-refractivity contribution >= 4 is 11.9 Å². The van der Waals surface area contributed by atoms with Crippen molar-refractivity contribution in [1.29, 1.82) is 0 Å². The van der Waals surface area contributed by atoms with E-state index in [-0.39, 0.29) is 12.5 Å². The second-order valence-electron chi connectivity index (χ2n) is 5.16. The Morgan fingerprint density at radius 2 is 2.17 bits per heavy atom. The summed E-state index contributed by atoms with van der Waals surface area (Å²) in [6, 6.07) is -0.509. The lowest BCUT2D eigenvalue weighted by Gasteiger charge is -2.35. The summed E-state index contributed by atoms with van der Waals surface area (Å²) in [6.45, 7) is 5.71. The molecule has 1 aliphatic rings. The van der Waals surface area contributed by atoms with E-state index in [1.807, 2.05) is 0 Å². The van der Waals surface area contributed by atoms with Crippen LogP contribution in [0.25, 0.3) is 0 Å². The number of unbranched alkanes of at least 4 members (excludes halogenated alkanes) is 1. The molecule has 5 nitrogen and oxygen atoms in total. The number of hydrogen-bond acceptors (Lipinski definition) is 3. The molecule has 1 fully saturated rings. The highest BCUT2D eigenvalue weighted by atomic mass is 16.4. The molecule has 2 N–H and O–H groups in total. The number of rotatable bonds is 6. The fourth-order valence-corrected chi connectivity index (χ4v) is 2.28. The molecule has 0 radical (unpaired) electrons. The summed E-state index contributed by atoms with van der Waals surface area (Å²) in [4.78, 5) is 24.7. The molecule has 0 aromatic carbocycles. The zero-order chi connectivity index (χ0) is 13.5. The van der Waals surface area contributed by atoms with E-state index < -0.39 is 12.0 Å². The number of hydrogen-bond donors (Lipinski definition) is 2. The van der Waals surface area contributed by atoms with Crippen LogP contribution in [-0.2, 0) is 9.59 Å². The highest BCUT2D eigenvalue weighted by Crippen LogP contribution is 2.22. The van der Waals surface area contributed by atoms with Gasteiger partial charge in [0.05, 0.1) is 6.54 Å². The molecule has 2 unspecified atom stereocenters. The first-order chi connectivity index (χ1) is 8.54. The van der Waals surface area contributed by atoms with Crippen LogP contribution in [0, 0.1) is 5.92 Å². The number of aliphatic carboxylic acids is 1. The Balaban J connectivity index is 2.43. The summed E-state index contributed by atoms with van der Waals surface area (Å²) < 4.78 is 0. The summed E-state index contributed by atoms with van der Waals surface area (Å²) in [7, 11) is 0. The molecule has 0 spiro atoms. The van der Waals surface area contributed by atoms with Crippen molar-refractivity contribution < 1.29 is 14.7 Å². The van der Waals surface area contributed by atoms with E-state index in [1.165, 1.54) is 0 Å². The second kappa shape index (κ2) is 7.36. The minimum atomic E-state index is -0.817. The highest BCUT2D eigenvalue weighted by Gasteiger charge is 2.32. The molecule has 18 heavy (non-hydrogen) atoms. The third-order valence-electron chi connectivity index (χ3n) is 3.46. The number of carboxylic acid groups (broad SMARTS) is 1. The van der Waals surface area contributed by atoms with E-state index in [2.05, 4.69) is 19.2 Å². The first kappa shape index (κ1) is 15.0. The van der Waals surface area contributed by atoms with Crippen LogP contribution in [0.5, 0.6) is 0 Å². The maximum atomic E-state index is 11.7. The van der Waals surface area contributed by atoms with E-state index in [4.69, 9.17) is 0 Å². The zero-order valence-electron chi connectivity index (χ0n) is 11.3. The first-order valence-corrected chi connectivity index (χ1v) is 6.78. The average Bonchev–Trinajstić information content (AvgIpc) is 2.31. The smallest absolute Gasteiger partial charge is 0.320 e. The minimum absolute atomic E-state index is 0.0655. The van der Waals surface area contributed by atoms with Gasteiger partial charge in [-0.05, 0) is 31.7 Å². The highest BCUT2D eigenvalue weighted by molar-refractivity contribution is 5.80. The Labute approximate surface area is 109 Å². The van der Waals surface area contributed by atoms with Crippen molar-refractivity contribution in [1.82, 2.24) is 10.2 Å². The van der Waals surface area contributed by atoms with E-state index in [9.17, 15) is 14.7 Å². The topological polar surface area (TPSA) is 69.6 Å². The Bertz CT molecular complexity index is 294. The maximum Gasteiger partial charge on any atom is 0.320 e. The molecule has 1 saturated heterocycles. The van der Waals surface area contributed by atoms with Crippen LogP contribution in [-0.4, -0.2) is 47.6 Å². The summed E-state index contributed by atoms with van der Waals surface area (Å²) in [5, 5.41) is 12.0. The van der Waals surface area contributed by atoms with Crippen molar-refractivity contribution in [2.45, 2.75) is 45.6 Å². The Kier molecular flexibility index (Phi) is 6.12. The third kappa shape index (κ3) is 4.64. The van der Waals surface area contributed by atoms with E-state index in [1.54, 1.807) is 4.90 Å². The van der Waals surface area contributed by atoms with Gasteiger partial charge in [-0.2, -0.15) is 0 Å². The molecular formula is C13H24N2O3. The quantitative estimate of drug-likeness (QED) is 0.698.